The van der Waals surface area contributed by atoms with Gasteiger partial charge in [0.25, 0.3) is 0 Å². The minimum Gasteiger partial charge on any atom is -0.481 e. The molecule has 0 radical (unpaired) electrons. The lowest BCUT2D eigenvalue weighted by atomic mass is 9.80. The molecule has 0 aromatic carbocycles. The van der Waals surface area contributed by atoms with Crippen molar-refractivity contribution in [3.05, 3.63) is 0 Å². The summed E-state index contributed by atoms with van der Waals surface area (Å²) in [5, 5.41) is 9.46. The normalized spacial score (nSPS) is 30.2. The quantitative estimate of drug-likeness (QED) is 0.732. The fourth-order valence-corrected chi connectivity index (χ4v) is 3.79. The maximum atomic E-state index is 11.1. The molecule has 0 amide bonds. The molecule has 3 unspecified atom stereocenters. The van der Waals surface area contributed by atoms with Gasteiger partial charge in [-0.1, -0.05) is 13.3 Å². The van der Waals surface area contributed by atoms with Gasteiger partial charge in [-0.25, -0.2) is 0 Å². The van der Waals surface area contributed by atoms with E-state index in [0.29, 0.717) is 6.61 Å². The fraction of sp³-hybridized carbons (Fsp3) is 0.917. The molecule has 0 aliphatic heterocycles. The molecule has 3 atom stereocenters. The van der Waals surface area contributed by atoms with Crippen molar-refractivity contribution in [2.75, 3.05) is 19.5 Å². The van der Waals surface area contributed by atoms with Gasteiger partial charge in [0.05, 0.1) is 12.5 Å². The number of ether oxygens (including phenoxy) is 1. The Kier molecular flexibility index (Phi) is 6.21. The lowest BCUT2D eigenvalue weighted by Gasteiger charge is -2.33. The first-order valence-corrected chi connectivity index (χ1v) is 7.07. The van der Waals surface area contributed by atoms with Crippen LogP contribution in [0.1, 0.15) is 32.6 Å². The summed E-state index contributed by atoms with van der Waals surface area (Å²) in [6, 6.07) is 0. The third-order valence-corrected chi connectivity index (χ3v) is 4.77. The smallest absolute Gasteiger partial charge is 0.307 e. The van der Waals surface area contributed by atoms with E-state index in [1.54, 1.807) is 18.9 Å². The summed E-state index contributed by atoms with van der Waals surface area (Å²) in [5.74, 6) is 0.853. The van der Waals surface area contributed by atoms with Crippen LogP contribution in [-0.4, -0.2) is 35.8 Å². The first-order chi connectivity index (χ1) is 7.69. The zero-order valence-corrected chi connectivity index (χ0v) is 11.0. The number of hydrogen-bond acceptors (Lipinski definition) is 3. The van der Waals surface area contributed by atoms with Crippen molar-refractivity contribution >= 4 is 17.7 Å². The van der Waals surface area contributed by atoms with Crippen molar-refractivity contribution < 1.29 is 14.6 Å². The number of aliphatic carboxylic acids is 1. The first kappa shape index (κ1) is 13.8. The zero-order valence-electron chi connectivity index (χ0n) is 10.1. The van der Waals surface area contributed by atoms with Crippen LogP contribution in [0.3, 0.4) is 0 Å². The predicted octanol–water partition coefficient (Wildman–Crippen LogP) is 2.65. The van der Waals surface area contributed by atoms with Crippen LogP contribution in [-0.2, 0) is 9.53 Å². The predicted molar refractivity (Wildman–Crippen MR) is 66.9 cm³/mol. The fourth-order valence-electron chi connectivity index (χ4n) is 2.33. The lowest BCUT2D eigenvalue weighted by molar-refractivity contribution is -0.142. The Morgan fingerprint density at radius 3 is 2.81 bits per heavy atom. The van der Waals surface area contributed by atoms with Crippen molar-refractivity contribution in [3.63, 3.8) is 0 Å². The van der Waals surface area contributed by atoms with Crippen molar-refractivity contribution in [2.24, 2.45) is 11.8 Å². The second kappa shape index (κ2) is 7.17. The van der Waals surface area contributed by atoms with Crippen LogP contribution in [0.4, 0.5) is 0 Å². The highest BCUT2D eigenvalue weighted by atomic mass is 32.2. The van der Waals surface area contributed by atoms with Gasteiger partial charge < -0.3 is 9.84 Å². The molecule has 0 heterocycles. The molecular weight excluding hydrogens is 224 g/mol. The number of carboxylic acids is 1. The van der Waals surface area contributed by atoms with Crippen molar-refractivity contribution in [3.8, 4) is 0 Å². The van der Waals surface area contributed by atoms with Crippen molar-refractivity contribution in [1.82, 2.24) is 0 Å². The summed E-state index contributed by atoms with van der Waals surface area (Å²) in [6.45, 7) is 2.91. The maximum Gasteiger partial charge on any atom is 0.307 e. The minimum absolute atomic E-state index is 0.148. The van der Waals surface area contributed by atoms with Crippen LogP contribution in [0.15, 0.2) is 0 Å². The number of hydrogen-bond donors (Lipinski definition) is 1. The van der Waals surface area contributed by atoms with Gasteiger partial charge in [0.15, 0.2) is 0 Å². The molecule has 1 saturated carbocycles. The Balaban J connectivity index is 2.46. The Labute approximate surface area is 102 Å². The topological polar surface area (TPSA) is 46.5 Å². The van der Waals surface area contributed by atoms with Gasteiger partial charge in [0.2, 0.25) is 0 Å². The highest BCUT2D eigenvalue weighted by Crippen LogP contribution is 2.37. The van der Waals surface area contributed by atoms with E-state index in [0.717, 1.165) is 30.9 Å². The van der Waals surface area contributed by atoms with Crippen LogP contribution in [0.5, 0.6) is 0 Å². The summed E-state index contributed by atoms with van der Waals surface area (Å²) in [7, 11) is 1.69. The molecule has 1 rings (SSSR count). The Morgan fingerprint density at radius 2 is 2.25 bits per heavy atom. The van der Waals surface area contributed by atoms with Crippen LogP contribution in [0.25, 0.3) is 0 Å². The SMILES string of the molecule is CCC1CCC(C(=O)O)C(SCCOC)C1. The Morgan fingerprint density at radius 1 is 1.50 bits per heavy atom. The van der Waals surface area contributed by atoms with Gasteiger partial charge in [0.1, 0.15) is 0 Å². The largest absolute Gasteiger partial charge is 0.481 e. The highest BCUT2D eigenvalue weighted by molar-refractivity contribution is 7.99. The summed E-state index contributed by atoms with van der Waals surface area (Å²) in [6.07, 6.45) is 4.16. The van der Waals surface area contributed by atoms with Gasteiger partial charge in [-0.05, 0) is 25.2 Å². The number of carbonyl (C=O) groups is 1. The average Bonchev–Trinajstić information content (AvgIpc) is 2.29. The van der Waals surface area contributed by atoms with Crippen molar-refractivity contribution in [2.45, 2.75) is 37.9 Å². The molecule has 0 saturated heterocycles. The van der Waals surface area contributed by atoms with Gasteiger partial charge >= 0.3 is 5.97 Å². The van der Waals surface area contributed by atoms with Crippen LogP contribution >= 0.6 is 11.8 Å². The van der Waals surface area contributed by atoms with E-state index in [-0.39, 0.29) is 11.2 Å². The number of thioether (sulfide) groups is 1. The molecule has 0 aromatic heterocycles. The summed E-state index contributed by atoms with van der Waals surface area (Å²) in [5.41, 5.74) is 0. The molecule has 0 spiro atoms. The minimum atomic E-state index is -0.621. The number of carboxylic acid groups (broad SMARTS) is 1. The molecular formula is C12H22O3S. The second-order valence-corrected chi connectivity index (χ2v) is 5.78. The Hall–Kier alpha value is -0.220. The van der Waals surface area contributed by atoms with E-state index in [2.05, 4.69) is 6.92 Å². The van der Waals surface area contributed by atoms with Gasteiger partial charge in [-0.3, -0.25) is 4.79 Å². The maximum absolute atomic E-state index is 11.1. The number of methoxy groups -OCH3 is 1. The molecule has 3 nitrogen and oxygen atoms in total. The monoisotopic (exact) mass is 246 g/mol. The molecule has 1 aliphatic rings. The van der Waals surface area contributed by atoms with Crippen molar-refractivity contribution in [1.29, 1.82) is 0 Å². The molecule has 1 fully saturated rings. The van der Waals surface area contributed by atoms with E-state index in [4.69, 9.17) is 4.74 Å². The van der Waals surface area contributed by atoms with E-state index in [1.807, 2.05) is 0 Å². The third-order valence-electron chi connectivity index (χ3n) is 3.41. The summed E-state index contributed by atoms with van der Waals surface area (Å²) >= 11 is 1.77. The molecule has 1 aliphatic carbocycles. The molecule has 0 bridgehead atoms. The number of rotatable bonds is 6. The highest BCUT2D eigenvalue weighted by Gasteiger charge is 2.34. The van der Waals surface area contributed by atoms with E-state index in [1.165, 1.54) is 6.42 Å². The van der Waals surface area contributed by atoms with Gasteiger partial charge in [-0.15, -0.1) is 0 Å². The summed E-state index contributed by atoms with van der Waals surface area (Å²) < 4.78 is 5.01. The second-order valence-electron chi connectivity index (χ2n) is 4.43. The molecule has 1 N–H and O–H groups in total. The summed E-state index contributed by atoms with van der Waals surface area (Å²) in [4.78, 5) is 11.1. The molecule has 16 heavy (non-hydrogen) atoms. The molecule has 4 heteroatoms. The van der Waals surface area contributed by atoms with E-state index >= 15 is 0 Å². The Bertz CT molecular complexity index is 220. The third kappa shape index (κ3) is 3.98. The standard InChI is InChI=1S/C12H22O3S/c1-3-9-4-5-10(12(13)14)11(8-9)16-7-6-15-2/h9-11H,3-8H2,1-2H3,(H,13,14). The molecule has 94 valence electrons. The van der Waals surface area contributed by atoms with Crippen LogP contribution < -0.4 is 0 Å². The molecule has 0 aromatic rings. The lowest BCUT2D eigenvalue weighted by Crippen LogP contribution is -2.33. The van der Waals surface area contributed by atoms with Crippen LogP contribution in [0, 0.1) is 11.8 Å². The average molecular weight is 246 g/mol. The zero-order chi connectivity index (χ0) is 12.0. The van der Waals surface area contributed by atoms with Gasteiger partial charge in [-0.2, -0.15) is 11.8 Å². The van der Waals surface area contributed by atoms with E-state index < -0.39 is 5.97 Å². The van der Waals surface area contributed by atoms with Gasteiger partial charge in [0, 0.05) is 18.1 Å². The van der Waals surface area contributed by atoms with E-state index in [9.17, 15) is 9.90 Å². The van der Waals surface area contributed by atoms with Crippen LogP contribution in [0.2, 0.25) is 0 Å². The first-order valence-electron chi connectivity index (χ1n) is 6.02.